The summed E-state index contributed by atoms with van der Waals surface area (Å²) in [6.07, 6.45) is 0.287. The summed E-state index contributed by atoms with van der Waals surface area (Å²) in [5, 5.41) is 0. The van der Waals surface area contributed by atoms with E-state index in [1.165, 1.54) is 0 Å². The van der Waals surface area contributed by atoms with Gasteiger partial charge in [-0.1, -0.05) is 0 Å². The molecule has 0 atom stereocenters. The largest absolute Gasteiger partial charge is 0.299 e. The molecule has 3 heteroatoms. The summed E-state index contributed by atoms with van der Waals surface area (Å²) in [7, 11) is 1.75. The molecule has 2 nitrogen and oxygen atoms in total. The Morgan fingerprint density at radius 2 is 1.86 bits per heavy atom. The Morgan fingerprint density at radius 1 is 1.43 bits per heavy atom. The Labute approximate surface area is 50.6 Å². The number of rotatable bonds is 2. The molecular weight excluding hydrogens is 114 g/mol. The standard InChI is InChI=1S/C4H11NO.ClH/c1-4(2)6-5-3;/h4-5H,1-3H3;1H. The third-order valence-electron chi connectivity index (χ3n) is 0.354. The van der Waals surface area contributed by atoms with Crippen molar-refractivity contribution in [2.24, 2.45) is 0 Å². The van der Waals surface area contributed by atoms with E-state index in [2.05, 4.69) is 5.48 Å². The SMILES string of the molecule is CNOC(C)C.Cl. The van der Waals surface area contributed by atoms with Gasteiger partial charge in [-0.05, 0) is 13.8 Å². The summed E-state index contributed by atoms with van der Waals surface area (Å²) in [6.45, 7) is 3.94. The molecule has 0 bridgehead atoms. The van der Waals surface area contributed by atoms with Crippen molar-refractivity contribution < 1.29 is 4.84 Å². The normalized spacial score (nSPS) is 8.57. The topological polar surface area (TPSA) is 21.3 Å². The summed E-state index contributed by atoms with van der Waals surface area (Å²) < 4.78 is 0. The van der Waals surface area contributed by atoms with Crippen molar-refractivity contribution in [1.29, 1.82) is 0 Å². The number of hydroxylamine groups is 1. The van der Waals surface area contributed by atoms with Crippen molar-refractivity contribution in [2.45, 2.75) is 20.0 Å². The lowest BCUT2D eigenvalue weighted by molar-refractivity contribution is 0.00953. The first-order valence-corrected chi connectivity index (χ1v) is 2.09. The lowest BCUT2D eigenvalue weighted by Crippen LogP contribution is -2.13. The van der Waals surface area contributed by atoms with Crippen LogP contribution in [0, 0.1) is 0 Å². The highest BCUT2D eigenvalue weighted by molar-refractivity contribution is 5.85. The maximum absolute atomic E-state index is 4.79. The van der Waals surface area contributed by atoms with Crippen LogP contribution in [0.1, 0.15) is 13.8 Å². The van der Waals surface area contributed by atoms with E-state index in [1.54, 1.807) is 7.05 Å². The molecule has 0 aliphatic heterocycles. The van der Waals surface area contributed by atoms with E-state index >= 15 is 0 Å². The molecule has 1 N–H and O–H groups in total. The molecule has 0 rings (SSSR count). The van der Waals surface area contributed by atoms with Crippen molar-refractivity contribution >= 4 is 12.4 Å². The molecule has 0 aromatic carbocycles. The fourth-order valence-corrected chi connectivity index (χ4v) is 0.236. The third-order valence-corrected chi connectivity index (χ3v) is 0.354. The van der Waals surface area contributed by atoms with E-state index in [9.17, 15) is 0 Å². The van der Waals surface area contributed by atoms with Crippen molar-refractivity contribution in [3.05, 3.63) is 0 Å². The van der Waals surface area contributed by atoms with Crippen molar-refractivity contribution in [2.75, 3.05) is 7.05 Å². The molecule has 0 unspecified atom stereocenters. The van der Waals surface area contributed by atoms with E-state index in [0.29, 0.717) is 0 Å². The molecule has 0 aliphatic carbocycles. The maximum Gasteiger partial charge on any atom is 0.0734 e. The predicted octanol–water partition coefficient (Wildman–Crippen LogP) is 0.968. The maximum atomic E-state index is 4.79. The van der Waals surface area contributed by atoms with Crippen molar-refractivity contribution in [1.82, 2.24) is 5.48 Å². The van der Waals surface area contributed by atoms with Crippen LogP contribution in [-0.4, -0.2) is 13.2 Å². The summed E-state index contributed by atoms with van der Waals surface area (Å²) in [5.41, 5.74) is 2.57. The highest BCUT2D eigenvalue weighted by Crippen LogP contribution is 1.77. The minimum atomic E-state index is 0. The first-order valence-electron chi connectivity index (χ1n) is 2.09. The van der Waals surface area contributed by atoms with Gasteiger partial charge in [0.25, 0.3) is 0 Å². The fourth-order valence-electron chi connectivity index (χ4n) is 0.236. The zero-order valence-electron chi connectivity index (χ0n) is 4.89. The molecule has 0 aromatic heterocycles. The second-order valence-electron chi connectivity index (χ2n) is 1.37. The van der Waals surface area contributed by atoms with Crippen molar-refractivity contribution in [3.63, 3.8) is 0 Å². The Morgan fingerprint density at radius 3 is 1.86 bits per heavy atom. The molecule has 0 radical (unpaired) electrons. The van der Waals surface area contributed by atoms with Crippen LogP contribution in [0.3, 0.4) is 0 Å². The summed E-state index contributed by atoms with van der Waals surface area (Å²) in [4.78, 5) is 4.79. The fraction of sp³-hybridized carbons (Fsp3) is 1.00. The molecule has 0 amide bonds. The van der Waals surface area contributed by atoms with Crippen LogP contribution in [0.15, 0.2) is 0 Å². The summed E-state index contributed by atoms with van der Waals surface area (Å²) in [6, 6.07) is 0. The monoisotopic (exact) mass is 125 g/mol. The molecule has 0 aliphatic rings. The number of hydrogen-bond donors (Lipinski definition) is 1. The molecule has 46 valence electrons. The Kier molecular flexibility index (Phi) is 9.09. The van der Waals surface area contributed by atoms with E-state index in [1.807, 2.05) is 13.8 Å². The average molecular weight is 126 g/mol. The molecule has 0 aromatic rings. The van der Waals surface area contributed by atoms with Gasteiger partial charge in [0.1, 0.15) is 0 Å². The van der Waals surface area contributed by atoms with Gasteiger partial charge in [0, 0.05) is 7.05 Å². The van der Waals surface area contributed by atoms with Crippen LogP contribution in [0.2, 0.25) is 0 Å². The quantitative estimate of drug-likeness (QED) is 0.556. The van der Waals surface area contributed by atoms with Gasteiger partial charge < -0.3 is 0 Å². The zero-order valence-corrected chi connectivity index (χ0v) is 5.71. The van der Waals surface area contributed by atoms with Gasteiger partial charge in [0.2, 0.25) is 0 Å². The van der Waals surface area contributed by atoms with Gasteiger partial charge in [0.05, 0.1) is 6.10 Å². The average Bonchev–Trinajstić information content (AvgIpc) is 1.35. The highest BCUT2D eigenvalue weighted by Gasteiger charge is 1.83. The number of hydrogen-bond acceptors (Lipinski definition) is 2. The second kappa shape index (κ2) is 6.21. The number of nitrogens with one attached hydrogen (secondary N) is 1. The molecule has 0 saturated heterocycles. The van der Waals surface area contributed by atoms with Crippen molar-refractivity contribution in [3.8, 4) is 0 Å². The van der Waals surface area contributed by atoms with Gasteiger partial charge in [-0.3, -0.25) is 4.84 Å². The second-order valence-corrected chi connectivity index (χ2v) is 1.37. The molecule has 0 fully saturated rings. The minimum absolute atomic E-state index is 0. The first-order chi connectivity index (χ1) is 2.77. The Balaban J connectivity index is 0. The first kappa shape index (κ1) is 10.2. The minimum Gasteiger partial charge on any atom is -0.299 e. The lowest BCUT2D eigenvalue weighted by Gasteiger charge is -2.01. The van der Waals surface area contributed by atoms with E-state index in [-0.39, 0.29) is 18.5 Å². The predicted molar refractivity (Wildman–Crippen MR) is 32.5 cm³/mol. The smallest absolute Gasteiger partial charge is 0.0734 e. The third kappa shape index (κ3) is 10.7. The van der Waals surface area contributed by atoms with E-state index in [4.69, 9.17) is 4.84 Å². The van der Waals surface area contributed by atoms with E-state index in [0.717, 1.165) is 0 Å². The molecular formula is C4H12ClNO. The van der Waals surface area contributed by atoms with Gasteiger partial charge in [-0.2, -0.15) is 0 Å². The van der Waals surface area contributed by atoms with Crippen LogP contribution in [0.4, 0.5) is 0 Å². The molecule has 7 heavy (non-hydrogen) atoms. The van der Waals surface area contributed by atoms with Crippen LogP contribution in [-0.2, 0) is 4.84 Å². The van der Waals surface area contributed by atoms with E-state index < -0.39 is 0 Å². The van der Waals surface area contributed by atoms with Gasteiger partial charge in [0.15, 0.2) is 0 Å². The van der Waals surface area contributed by atoms with Gasteiger partial charge >= 0.3 is 0 Å². The summed E-state index contributed by atoms with van der Waals surface area (Å²) in [5.74, 6) is 0. The van der Waals surface area contributed by atoms with Crippen LogP contribution in [0.5, 0.6) is 0 Å². The van der Waals surface area contributed by atoms with Gasteiger partial charge in [-0.15, -0.1) is 12.4 Å². The zero-order chi connectivity index (χ0) is 4.99. The molecule has 0 spiro atoms. The Hall–Kier alpha value is 0.210. The van der Waals surface area contributed by atoms with Gasteiger partial charge in [-0.25, -0.2) is 5.48 Å². The number of halogens is 1. The van der Waals surface area contributed by atoms with Crippen LogP contribution < -0.4 is 5.48 Å². The molecule has 0 saturated carbocycles. The van der Waals surface area contributed by atoms with Crippen LogP contribution >= 0.6 is 12.4 Å². The highest BCUT2D eigenvalue weighted by atomic mass is 35.5. The molecule has 0 heterocycles. The summed E-state index contributed by atoms with van der Waals surface area (Å²) >= 11 is 0. The Bertz CT molecular complexity index is 32.9. The lowest BCUT2D eigenvalue weighted by atomic mass is 10.5. The van der Waals surface area contributed by atoms with Crippen LogP contribution in [0.25, 0.3) is 0 Å².